The average molecular weight is 223 g/mol. The number of rotatable bonds is 3. The monoisotopic (exact) mass is 223 g/mol. The number of aryl methyl sites for hydroxylation is 2. The van der Waals surface area contributed by atoms with Crippen LogP contribution in [0.25, 0.3) is 0 Å². The summed E-state index contributed by atoms with van der Waals surface area (Å²) >= 11 is 0. The highest BCUT2D eigenvalue weighted by molar-refractivity contribution is 5.79. The first-order chi connectivity index (χ1) is 7.51. The van der Waals surface area contributed by atoms with Crippen LogP contribution < -0.4 is 10.5 Å². The zero-order valence-electron chi connectivity index (χ0n) is 10.0. The number of hydrogen-bond acceptors (Lipinski definition) is 4. The summed E-state index contributed by atoms with van der Waals surface area (Å²) in [5.74, 6) is 0.153. The number of carbonyl (C=O) groups is 1. The van der Waals surface area contributed by atoms with Crippen LogP contribution in [0.5, 0.6) is 5.75 Å². The van der Waals surface area contributed by atoms with Gasteiger partial charge in [-0.2, -0.15) is 0 Å². The summed E-state index contributed by atoms with van der Waals surface area (Å²) < 4.78 is 9.87. The normalized spacial score (nSPS) is 12.1. The second kappa shape index (κ2) is 4.99. The molecule has 0 amide bonds. The number of benzene rings is 1. The average Bonchev–Trinajstić information content (AvgIpc) is 2.26. The van der Waals surface area contributed by atoms with Gasteiger partial charge in [-0.15, -0.1) is 0 Å². The van der Waals surface area contributed by atoms with Crippen LogP contribution in [0.1, 0.15) is 22.7 Å². The van der Waals surface area contributed by atoms with Gasteiger partial charge < -0.3 is 15.2 Å². The van der Waals surface area contributed by atoms with E-state index in [4.69, 9.17) is 10.5 Å². The predicted octanol–water partition coefficient (Wildman–Crippen LogP) is 1.48. The Morgan fingerprint density at radius 1 is 1.31 bits per heavy atom. The van der Waals surface area contributed by atoms with Gasteiger partial charge in [0.1, 0.15) is 11.8 Å². The van der Waals surface area contributed by atoms with Crippen LogP contribution in [0.2, 0.25) is 0 Å². The summed E-state index contributed by atoms with van der Waals surface area (Å²) in [4.78, 5) is 11.4. The van der Waals surface area contributed by atoms with Crippen LogP contribution in [-0.2, 0) is 9.53 Å². The van der Waals surface area contributed by atoms with E-state index >= 15 is 0 Å². The van der Waals surface area contributed by atoms with Crippen molar-refractivity contribution in [3.8, 4) is 5.75 Å². The molecule has 1 aromatic carbocycles. The standard InChI is InChI=1S/C12H17NO3/c1-7-5-8(2)10(9(6-7)15-3)11(13)12(14)16-4/h5-6,11H,13H2,1-4H3. The molecule has 0 aliphatic rings. The minimum absolute atomic E-state index is 0.467. The maximum atomic E-state index is 11.4. The van der Waals surface area contributed by atoms with E-state index in [-0.39, 0.29) is 0 Å². The molecular formula is C12H17NO3. The van der Waals surface area contributed by atoms with Crippen LogP contribution >= 0.6 is 0 Å². The van der Waals surface area contributed by atoms with Gasteiger partial charge in [0.2, 0.25) is 0 Å². The topological polar surface area (TPSA) is 61.5 Å². The lowest BCUT2D eigenvalue weighted by Crippen LogP contribution is -2.24. The molecule has 0 spiro atoms. The van der Waals surface area contributed by atoms with E-state index in [9.17, 15) is 4.79 Å². The Bertz CT molecular complexity index is 401. The van der Waals surface area contributed by atoms with Gasteiger partial charge in [-0.05, 0) is 31.0 Å². The van der Waals surface area contributed by atoms with Crippen molar-refractivity contribution in [2.45, 2.75) is 19.9 Å². The summed E-state index contributed by atoms with van der Waals surface area (Å²) in [6, 6.07) is 3.01. The fourth-order valence-corrected chi connectivity index (χ4v) is 1.75. The summed E-state index contributed by atoms with van der Waals surface area (Å²) in [5.41, 5.74) is 8.49. The van der Waals surface area contributed by atoms with Gasteiger partial charge in [0.25, 0.3) is 0 Å². The molecule has 4 nitrogen and oxygen atoms in total. The highest BCUT2D eigenvalue weighted by atomic mass is 16.5. The molecule has 4 heteroatoms. The molecule has 1 rings (SSSR count). The molecule has 0 saturated heterocycles. The number of ether oxygens (including phenoxy) is 2. The summed E-state index contributed by atoms with van der Waals surface area (Å²) in [5, 5.41) is 0. The number of carbonyl (C=O) groups excluding carboxylic acids is 1. The Morgan fingerprint density at radius 3 is 2.44 bits per heavy atom. The van der Waals surface area contributed by atoms with Gasteiger partial charge in [0.05, 0.1) is 14.2 Å². The number of methoxy groups -OCH3 is 2. The summed E-state index contributed by atoms with van der Waals surface area (Å²) in [6.45, 7) is 3.86. The maximum Gasteiger partial charge on any atom is 0.327 e. The first-order valence-electron chi connectivity index (χ1n) is 4.99. The quantitative estimate of drug-likeness (QED) is 0.788. The fraction of sp³-hybridized carbons (Fsp3) is 0.417. The molecule has 0 aliphatic heterocycles. The van der Waals surface area contributed by atoms with Gasteiger partial charge in [-0.1, -0.05) is 6.07 Å². The third kappa shape index (κ3) is 2.33. The molecule has 0 radical (unpaired) electrons. The summed E-state index contributed by atoms with van der Waals surface area (Å²) in [7, 11) is 2.87. The Labute approximate surface area is 95.3 Å². The van der Waals surface area contributed by atoms with Crippen molar-refractivity contribution in [3.63, 3.8) is 0 Å². The largest absolute Gasteiger partial charge is 0.496 e. The van der Waals surface area contributed by atoms with Crippen LogP contribution in [0, 0.1) is 13.8 Å². The molecule has 16 heavy (non-hydrogen) atoms. The van der Waals surface area contributed by atoms with E-state index in [0.717, 1.165) is 11.1 Å². The van der Waals surface area contributed by atoms with Gasteiger partial charge >= 0.3 is 5.97 Å². The van der Waals surface area contributed by atoms with E-state index in [1.54, 1.807) is 7.11 Å². The molecule has 1 aromatic rings. The zero-order valence-corrected chi connectivity index (χ0v) is 10.0. The van der Waals surface area contributed by atoms with E-state index in [1.165, 1.54) is 7.11 Å². The Kier molecular flexibility index (Phi) is 3.90. The second-order valence-electron chi connectivity index (χ2n) is 3.70. The van der Waals surface area contributed by atoms with Crippen molar-refractivity contribution < 1.29 is 14.3 Å². The highest BCUT2D eigenvalue weighted by Gasteiger charge is 2.22. The molecule has 2 N–H and O–H groups in total. The lowest BCUT2D eigenvalue weighted by atomic mass is 9.98. The lowest BCUT2D eigenvalue weighted by Gasteiger charge is -2.17. The first kappa shape index (κ1) is 12.5. The molecular weight excluding hydrogens is 206 g/mol. The van der Waals surface area contributed by atoms with Crippen molar-refractivity contribution in [3.05, 3.63) is 28.8 Å². The van der Waals surface area contributed by atoms with Crippen molar-refractivity contribution >= 4 is 5.97 Å². The van der Waals surface area contributed by atoms with E-state index < -0.39 is 12.0 Å². The molecule has 88 valence electrons. The van der Waals surface area contributed by atoms with Crippen molar-refractivity contribution in [2.24, 2.45) is 5.73 Å². The van der Waals surface area contributed by atoms with E-state index in [1.807, 2.05) is 26.0 Å². The number of hydrogen-bond donors (Lipinski definition) is 1. The highest BCUT2D eigenvalue weighted by Crippen LogP contribution is 2.29. The van der Waals surface area contributed by atoms with Crippen molar-refractivity contribution in [2.75, 3.05) is 14.2 Å². The van der Waals surface area contributed by atoms with E-state index in [0.29, 0.717) is 11.3 Å². The van der Waals surface area contributed by atoms with E-state index in [2.05, 4.69) is 4.74 Å². The zero-order chi connectivity index (χ0) is 12.3. The second-order valence-corrected chi connectivity index (χ2v) is 3.70. The molecule has 0 fully saturated rings. The van der Waals surface area contributed by atoms with Gasteiger partial charge in [-0.25, -0.2) is 0 Å². The Balaban J connectivity index is 3.26. The smallest absolute Gasteiger partial charge is 0.327 e. The third-order valence-electron chi connectivity index (χ3n) is 2.48. The lowest BCUT2D eigenvalue weighted by molar-refractivity contribution is -0.142. The molecule has 0 aliphatic carbocycles. The Hall–Kier alpha value is -1.55. The number of nitrogens with two attached hydrogens (primary N) is 1. The molecule has 1 atom stereocenters. The van der Waals surface area contributed by atoms with Crippen LogP contribution in [-0.4, -0.2) is 20.2 Å². The number of esters is 1. The predicted molar refractivity (Wildman–Crippen MR) is 61.4 cm³/mol. The van der Waals surface area contributed by atoms with Crippen LogP contribution in [0.15, 0.2) is 12.1 Å². The minimum Gasteiger partial charge on any atom is -0.496 e. The van der Waals surface area contributed by atoms with Gasteiger partial charge in [0.15, 0.2) is 0 Å². The molecule has 0 saturated carbocycles. The Morgan fingerprint density at radius 2 is 1.94 bits per heavy atom. The fourth-order valence-electron chi connectivity index (χ4n) is 1.75. The third-order valence-corrected chi connectivity index (χ3v) is 2.48. The van der Waals surface area contributed by atoms with Gasteiger partial charge in [0, 0.05) is 5.56 Å². The molecule has 0 heterocycles. The van der Waals surface area contributed by atoms with Crippen molar-refractivity contribution in [1.82, 2.24) is 0 Å². The molecule has 0 aromatic heterocycles. The van der Waals surface area contributed by atoms with Crippen molar-refractivity contribution in [1.29, 1.82) is 0 Å². The first-order valence-corrected chi connectivity index (χ1v) is 4.99. The molecule has 1 unspecified atom stereocenters. The maximum absolute atomic E-state index is 11.4. The van der Waals surface area contributed by atoms with Gasteiger partial charge in [-0.3, -0.25) is 4.79 Å². The minimum atomic E-state index is -0.805. The van der Waals surface area contributed by atoms with Crippen LogP contribution in [0.4, 0.5) is 0 Å². The summed E-state index contributed by atoms with van der Waals surface area (Å²) in [6.07, 6.45) is 0. The molecule has 0 bridgehead atoms. The SMILES string of the molecule is COC(=O)C(N)c1c(C)cc(C)cc1OC. The van der Waals surface area contributed by atoms with Crippen LogP contribution in [0.3, 0.4) is 0 Å².